The standard InChI is InChI=1S/C16H6N2O11/c19-12-9(18(26)27)5-4-7-11(12)16(23)29-13(20)6-2-1-3-8(17(24)25)10(6)15(22)28-14(7)21/h1-5,19H. The summed E-state index contributed by atoms with van der Waals surface area (Å²) in [5.41, 5.74) is -5.49. The van der Waals surface area contributed by atoms with E-state index in [0.29, 0.717) is 12.1 Å². The predicted octanol–water partition coefficient (Wildman–Crippen LogP) is 1.52. The van der Waals surface area contributed by atoms with Crippen LogP contribution in [0.3, 0.4) is 0 Å². The first-order chi connectivity index (χ1) is 13.6. The molecule has 0 spiro atoms. The fraction of sp³-hybridized carbons (Fsp3) is 0. The van der Waals surface area contributed by atoms with E-state index in [1.165, 1.54) is 0 Å². The molecule has 0 saturated carbocycles. The van der Waals surface area contributed by atoms with Crippen molar-refractivity contribution in [1.29, 1.82) is 0 Å². The molecule has 1 heterocycles. The van der Waals surface area contributed by atoms with Crippen molar-refractivity contribution in [2.75, 3.05) is 0 Å². The number of hydrogen-bond donors (Lipinski definition) is 1. The van der Waals surface area contributed by atoms with Gasteiger partial charge in [0.1, 0.15) is 5.56 Å². The molecular weight excluding hydrogens is 396 g/mol. The second-order valence-electron chi connectivity index (χ2n) is 5.42. The Kier molecular flexibility index (Phi) is 4.48. The van der Waals surface area contributed by atoms with E-state index in [2.05, 4.69) is 9.47 Å². The number of hydrogen-bond acceptors (Lipinski definition) is 11. The first-order valence-electron chi connectivity index (χ1n) is 7.44. The lowest BCUT2D eigenvalue weighted by Crippen LogP contribution is -2.25. The van der Waals surface area contributed by atoms with Crippen LogP contribution in [0.25, 0.3) is 0 Å². The highest BCUT2D eigenvalue weighted by Crippen LogP contribution is 2.34. The van der Waals surface area contributed by atoms with Gasteiger partial charge in [-0.25, -0.2) is 19.2 Å². The number of nitro benzene ring substituents is 2. The summed E-state index contributed by atoms with van der Waals surface area (Å²) in [4.78, 5) is 69.3. The number of nitro groups is 2. The number of nitrogens with zero attached hydrogens (tertiary/aromatic N) is 2. The second-order valence-corrected chi connectivity index (χ2v) is 5.42. The zero-order valence-corrected chi connectivity index (χ0v) is 13.8. The molecule has 0 atom stereocenters. The number of phenolic OH excluding ortho intramolecular Hbond substituents is 1. The highest BCUT2D eigenvalue weighted by molar-refractivity contribution is 6.17. The first kappa shape index (κ1) is 19.1. The van der Waals surface area contributed by atoms with Gasteiger partial charge in [0.05, 0.1) is 21.0 Å². The third-order valence-electron chi connectivity index (χ3n) is 3.81. The number of carbonyl (C=O) groups is 4. The van der Waals surface area contributed by atoms with Gasteiger partial charge in [0, 0.05) is 12.1 Å². The Labute approximate surface area is 158 Å². The fourth-order valence-electron chi connectivity index (χ4n) is 2.56. The zero-order valence-electron chi connectivity index (χ0n) is 13.8. The maximum Gasteiger partial charge on any atom is 0.353 e. The molecule has 1 aliphatic heterocycles. The first-order valence-corrected chi connectivity index (χ1v) is 7.44. The third-order valence-corrected chi connectivity index (χ3v) is 3.81. The summed E-state index contributed by atoms with van der Waals surface area (Å²) in [5, 5.41) is 32.1. The van der Waals surface area contributed by atoms with E-state index < -0.39 is 73.1 Å². The van der Waals surface area contributed by atoms with Gasteiger partial charge in [-0.3, -0.25) is 20.2 Å². The Bertz CT molecular complexity index is 1150. The van der Waals surface area contributed by atoms with Crippen molar-refractivity contribution in [2.24, 2.45) is 0 Å². The van der Waals surface area contributed by atoms with E-state index in [9.17, 15) is 44.5 Å². The number of ether oxygens (including phenoxy) is 2. The van der Waals surface area contributed by atoms with Crippen LogP contribution in [-0.2, 0) is 9.47 Å². The summed E-state index contributed by atoms with van der Waals surface area (Å²) in [6, 6.07) is 4.11. The molecule has 0 radical (unpaired) electrons. The van der Waals surface area contributed by atoms with Gasteiger partial charge in [-0.1, -0.05) is 6.07 Å². The molecule has 0 saturated heterocycles. The fourth-order valence-corrected chi connectivity index (χ4v) is 2.56. The van der Waals surface area contributed by atoms with Gasteiger partial charge in [-0.15, -0.1) is 0 Å². The molecule has 0 unspecified atom stereocenters. The monoisotopic (exact) mass is 402 g/mol. The molecule has 0 aromatic heterocycles. The van der Waals surface area contributed by atoms with E-state index in [-0.39, 0.29) is 0 Å². The number of benzene rings is 2. The van der Waals surface area contributed by atoms with Crippen LogP contribution in [0.4, 0.5) is 11.4 Å². The largest absolute Gasteiger partial charge is 0.501 e. The van der Waals surface area contributed by atoms with E-state index in [0.717, 1.165) is 18.2 Å². The summed E-state index contributed by atoms with van der Waals surface area (Å²) >= 11 is 0. The highest BCUT2D eigenvalue weighted by Gasteiger charge is 2.37. The predicted molar refractivity (Wildman–Crippen MR) is 87.3 cm³/mol. The number of carbonyl (C=O) groups excluding carboxylic acids is 4. The molecule has 1 N–H and O–H groups in total. The molecule has 3 rings (SSSR count). The van der Waals surface area contributed by atoms with Crippen LogP contribution in [0.5, 0.6) is 5.75 Å². The van der Waals surface area contributed by atoms with Crippen LogP contribution in [0, 0.1) is 20.2 Å². The lowest BCUT2D eigenvalue weighted by atomic mass is 10.0. The average molecular weight is 402 g/mol. The molecular formula is C16H6N2O11. The smallest absolute Gasteiger partial charge is 0.353 e. The van der Waals surface area contributed by atoms with Crippen molar-refractivity contribution in [2.45, 2.75) is 0 Å². The Hall–Kier alpha value is -4.68. The van der Waals surface area contributed by atoms with Crippen LogP contribution < -0.4 is 0 Å². The van der Waals surface area contributed by atoms with Crippen molar-refractivity contribution in [3.05, 3.63) is 72.8 Å². The SMILES string of the molecule is O=C1OC(=O)c2c(ccc([N+](=O)[O-])c2O)C(=O)OC(=O)c2c1cccc2[N+](=O)[O-]. The number of phenols is 1. The molecule has 0 bridgehead atoms. The third kappa shape index (κ3) is 3.12. The van der Waals surface area contributed by atoms with Crippen molar-refractivity contribution >= 4 is 35.3 Å². The van der Waals surface area contributed by atoms with Crippen molar-refractivity contribution < 1.29 is 43.6 Å². The quantitative estimate of drug-likeness (QED) is 0.331. The molecule has 29 heavy (non-hydrogen) atoms. The van der Waals surface area contributed by atoms with Crippen molar-refractivity contribution in [3.8, 4) is 5.75 Å². The average Bonchev–Trinajstić information content (AvgIpc) is 2.65. The molecule has 2 aromatic carbocycles. The number of rotatable bonds is 2. The van der Waals surface area contributed by atoms with Crippen LogP contribution in [0.1, 0.15) is 41.4 Å². The molecule has 13 nitrogen and oxygen atoms in total. The highest BCUT2D eigenvalue weighted by atomic mass is 16.6. The number of aromatic hydroxyl groups is 1. The number of cyclic esters (lactones) is 4. The molecule has 0 fully saturated rings. The zero-order chi connectivity index (χ0) is 21.5. The van der Waals surface area contributed by atoms with E-state index in [4.69, 9.17) is 0 Å². The summed E-state index contributed by atoms with van der Waals surface area (Å²) in [7, 11) is 0. The molecule has 13 heteroatoms. The van der Waals surface area contributed by atoms with Crippen molar-refractivity contribution in [3.63, 3.8) is 0 Å². The minimum Gasteiger partial charge on any atom is -0.501 e. The van der Waals surface area contributed by atoms with Gasteiger partial charge < -0.3 is 14.6 Å². The Morgan fingerprint density at radius 2 is 1.21 bits per heavy atom. The maximum absolute atomic E-state index is 12.3. The van der Waals surface area contributed by atoms with Gasteiger partial charge in [0.25, 0.3) is 5.69 Å². The topological polar surface area (TPSA) is 193 Å². The maximum atomic E-state index is 12.3. The Balaban J connectivity index is 2.26. The molecule has 0 amide bonds. The van der Waals surface area contributed by atoms with Crippen LogP contribution in [0.2, 0.25) is 0 Å². The van der Waals surface area contributed by atoms with Gasteiger partial charge in [-0.05, 0) is 12.1 Å². The lowest BCUT2D eigenvalue weighted by molar-refractivity contribution is -0.385. The van der Waals surface area contributed by atoms with Crippen LogP contribution in [-0.4, -0.2) is 38.8 Å². The minimum absolute atomic E-state index is 0.650. The second kappa shape index (κ2) is 6.80. The van der Waals surface area contributed by atoms with Gasteiger partial charge in [-0.2, -0.15) is 0 Å². The normalized spacial score (nSPS) is 13.7. The van der Waals surface area contributed by atoms with Gasteiger partial charge >= 0.3 is 29.6 Å². The number of esters is 4. The van der Waals surface area contributed by atoms with Gasteiger partial charge in [0.15, 0.2) is 5.56 Å². The minimum atomic E-state index is -1.67. The van der Waals surface area contributed by atoms with Crippen LogP contribution in [0.15, 0.2) is 30.3 Å². The molecule has 146 valence electrons. The summed E-state index contributed by atoms with van der Waals surface area (Å²) in [5.74, 6) is -7.68. The van der Waals surface area contributed by atoms with Crippen LogP contribution >= 0.6 is 0 Å². The van der Waals surface area contributed by atoms with E-state index >= 15 is 0 Å². The van der Waals surface area contributed by atoms with E-state index in [1.54, 1.807) is 0 Å². The lowest BCUT2D eigenvalue weighted by Gasteiger charge is -2.14. The summed E-state index contributed by atoms with van der Waals surface area (Å²) in [6.45, 7) is 0. The van der Waals surface area contributed by atoms with Gasteiger partial charge in [0.2, 0.25) is 5.75 Å². The summed E-state index contributed by atoms with van der Waals surface area (Å²) in [6.07, 6.45) is 0. The Morgan fingerprint density at radius 3 is 1.76 bits per heavy atom. The van der Waals surface area contributed by atoms with Crippen molar-refractivity contribution in [1.82, 2.24) is 0 Å². The molecule has 0 aliphatic carbocycles. The number of fused-ring (bicyclic) bond motifs is 2. The molecule has 2 aromatic rings. The summed E-state index contributed by atoms with van der Waals surface area (Å²) < 4.78 is 8.98. The molecule has 1 aliphatic rings. The van der Waals surface area contributed by atoms with E-state index in [1.807, 2.05) is 0 Å². The Morgan fingerprint density at radius 1 is 0.690 bits per heavy atom.